The summed E-state index contributed by atoms with van der Waals surface area (Å²) in [4.78, 5) is 0. The summed E-state index contributed by atoms with van der Waals surface area (Å²) in [6.07, 6.45) is 0. The summed E-state index contributed by atoms with van der Waals surface area (Å²) in [5, 5.41) is 0. The first-order valence-corrected chi connectivity index (χ1v) is 6.92. The Hall–Kier alpha value is -1.70. The van der Waals surface area contributed by atoms with Crippen molar-refractivity contribution in [2.75, 3.05) is 13.2 Å². The second kappa shape index (κ2) is 7.78. The van der Waals surface area contributed by atoms with E-state index in [0.29, 0.717) is 13.2 Å². The maximum Gasteiger partial charge on any atom is 0.124 e. The van der Waals surface area contributed by atoms with E-state index in [0.717, 1.165) is 11.5 Å². The normalized spacial score (nSPS) is 9.90. The lowest BCUT2D eigenvalue weighted by Gasteiger charge is -2.11. The molecule has 1 aromatic rings. The smallest absolute Gasteiger partial charge is 0.124 e. The Morgan fingerprint density at radius 2 is 1.20 bits per heavy atom. The second-order valence-electron chi connectivity index (χ2n) is 5.54. The zero-order valence-electron chi connectivity index (χ0n) is 13.5. The van der Waals surface area contributed by atoms with Crippen LogP contribution in [0.15, 0.2) is 40.5 Å². The van der Waals surface area contributed by atoms with Gasteiger partial charge in [0.05, 0.1) is 0 Å². The molecule has 0 fully saturated rings. The van der Waals surface area contributed by atoms with E-state index in [-0.39, 0.29) is 0 Å². The summed E-state index contributed by atoms with van der Waals surface area (Å²) >= 11 is 0. The van der Waals surface area contributed by atoms with Crippen LogP contribution in [0.4, 0.5) is 0 Å². The third-order valence-corrected chi connectivity index (χ3v) is 3.35. The van der Waals surface area contributed by atoms with Crippen LogP contribution >= 0.6 is 0 Å². The molecule has 0 unspecified atom stereocenters. The van der Waals surface area contributed by atoms with Gasteiger partial charge in [0.25, 0.3) is 0 Å². The van der Waals surface area contributed by atoms with E-state index in [9.17, 15) is 0 Å². The van der Waals surface area contributed by atoms with Gasteiger partial charge >= 0.3 is 0 Å². The lowest BCUT2D eigenvalue weighted by molar-refractivity contribution is 0.333. The highest BCUT2D eigenvalue weighted by Crippen LogP contribution is 2.20. The van der Waals surface area contributed by atoms with Gasteiger partial charge in [-0.05, 0) is 70.9 Å². The highest BCUT2D eigenvalue weighted by atomic mass is 16.5. The Bertz CT molecular complexity index is 459. The number of hydrogen-bond acceptors (Lipinski definition) is 2. The summed E-state index contributed by atoms with van der Waals surface area (Å²) in [5.41, 5.74) is 5.08. The van der Waals surface area contributed by atoms with Crippen molar-refractivity contribution < 1.29 is 9.47 Å². The molecule has 0 saturated carbocycles. The molecule has 109 valence electrons. The van der Waals surface area contributed by atoms with Gasteiger partial charge in [0, 0.05) is 6.07 Å². The molecule has 0 spiro atoms. The summed E-state index contributed by atoms with van der Waals surface area (Å²) in [5.74, 6) is 1.58. The fourth-order valence-electron chi connectivity index (χ4n) is 1.27. The molecule has 0 atom stereocenters. The van der Waals surface area contributed by atoms with Crippen molar-refractivity contribution in [2.24, 2.45) is 0 Å². The maximum atomic E-state index is 5.74. The Balaban J connectivity index is 2.62. The average Bonchev–Trinajstić information content (AvgIpc) is 2.42. The number of ether oxygens (including phenoxy) is 2. The van der Waals surface area contributed by atoms with Crippen molar-refractivity contribution in [2.45, 2.75) is 41.5 Å². The largest absolute Gasteiger partial charge is 0.489 e. The molecule has 0 heterocycles. The van der Waals surface area contributed by atoms with Gasteiger partial charge in [-0.1, -0.05) is 11.1 Å². The van der Waals surface area contributed by atoms with E-state index in [1.807, 2.05) is 18.2 Å². The van der Waals surface area contributed by atoms with Crippen molar-refractivity contribution in [3.8, 4) is 11.5 Å². The predicted octanol–water partition coefficient (Wildman–Crippen LogP) is 4.96. The van der Waals surface area contributed by atoms with Crippen LogP contribution in [-0.4, -0.2) is 13.2 Å². The van der Waals surface area contributed by atoms with E-state index in [4.69, 9.17) is 9.47 Å². The summed E-state index contributed by atoms with van der Waals surface area (Å²) in [7, 11) is 0. The van der Waals surface area contributed by atoms with Crippen molar-refractivity contribution in [3.63, 3.8) is 0 Å². The van der Waals surface area contributed by atoms with Crippen LogP contribution in [0.25, 0.3) is 0 Å². The van der Waals surface area contributed by atoms with E-state index in [2.05, 4.69) is 47.6 Å². The van der Waals surface area contributed by atoms with Gasteiger partial charge in [-0.3, -0.25) is 0 Å². The fourth-order valence-corrected chi connectivity index (χ4v) is 1.27. The molecule has 0 saturated heterocycles. The second-order valence-corrected chi connectivity index (χ2v) is 5.54. The highest BCUT2D eigenvalue weighted by Gasteiger charge is 2.01. The van der Waals surface area contributed by atoms with Crippen LogP contribution < -0.4 is 9.47 Å². The molecule has 1 rings (SSSR count). The lowest BCUT2D eigenvalue weighted by atomic mass is 10.2. The minimum Gasteiger partial charge on any atom is -0.489 e. The van der Waals surface area contributed by atoms with Gasteiger partial charge in [-0.25, -0.2) is 0 Å². The van der Waals surface area contributed by atoms with Crippen LogP contribution in [-0.2, 0) is 0 Å². The Labute approximate surface area is 123 Å². The molecule has 0 aliphatic heterocycles. The fraction of sp³-hybridized carbons (Fsp3) is 0.444. The number of rotatable bonds is 6. The van der Waals surface area contributed by atoms with Gasteiger partial charge in [0.15, 0.2) is 0 Å². The maximum absolute atomic E-state index is 5.74. The van der Waals surface area contributed by atoms with Crippen LogP contribution in [0.5, 0.6) is 11.5 Å². The number of hydrogen-bond donors (Lipinski definition) is 0. The Morgan fingerprint density at radius 3 is 1.55 bits per heavy atom. The third-order valence-electron chi connectivity index (χ3n) is 3.35. The molecule has 0 aliphatic carbocycles. The SMILES string of the molecule is CC(C)=C(C)COc1c[c]cc(OCC(C)=C(C)C)c1. The minimum atomic E-state index is 0.604. The van der Waals surface area contributed by atoms with Crippen molar-refractivity contribution in [1.29, 1.82) is 0 Å². The number of allylic oxidation sites excluding steroid dienone is 2. The van der Waals surface area contributed by atoms with Gasteiger partial charge in [-0.2, -0.15) is 0 Å². The molecule has 20 heavy (non-hydrogen) atoms. The first-order chi connectivity index (χ1) is 9.40. The molecule has 0 amide bonds. The molecule has 2 nitrogen and oxygen atoms in total. The summed E-state index contributed by atoms with van der Waals surface area (Å²) < 4.78 is 11.5. The topological polar surface area (TPSA) is 18.5 Å². The molecule has 1 radical (unpaired) electrons. The lowest BCUT2D eigenvalue weighted by Crippen LogP contribution is -2.02. The van der Waals surface area contributed by atoms with Crippen molar-refractivity contribution in [3.05, 3.63) is 46.6 Å². The molecule has 1 aromatic carbocycles. The first kappa shape index (κ1) is 16.4. The monoisotopic (exact) mass is 273 g/mol. The zero-order chi connectivity index (χ0) is 15.1. The van der Waals surface area contributed by atoms with Gasteiger partial charge in [0.2, 0.25) is 0 Å². The van der Waals surface area contributed by atoms with Crippen molar-refractivity contribution in [1.82, 2.24) is 0 Å². The highest BCUT2D eigenvalue weighted by molar-refractivity contribution is 5.33. The molecule has 0 aromatic heterocycles. The van der Waals surface area contributed by atoms with Crippen LogP contribution in [0.1, 0.15) is 41.5 Å². The third kappa shape index (κ3) is 5.52. The summed E-state index contributed by atoms with van der Waals surface area (Å²) in [6, 6.07) is 8.63. The minimum absolute atomic E-state index is 0.604. The van der Waals surface area contributed by atoms with Crippen LogP contribution in [0.2, 0.25) is 0 Å². The molecular formula is C18H25O2. The molecule has 0 N–H and O–H groups in total. The quantitative estimate of drug-likeness (QED) is 0.682. The molecular weight excluding hydrogens is 248 g/mol. The van der Waals surface area contributed by atoms with Gasteiger partial charge in [-0.15, -0.1) is 0 Å². The van der Waals surface area contributed by atoms with Crippen LogP contribution in [0.3, 0.4) is 0 Å². The zero-order valence-corrected chi connectivity index (χ0v) is 13.5. The Kier molecular flexibility index (Phi) is 6.37. The molecule has 2 heteroatoms. The van der Waals surface area contributed by atoms with Crippen LogP contribution in [0, 0.1) is 6.07 Å². The molecule has 0 aliphatic rings. The van der Waals surface area contributed by atoms with Gasteiger partial charge in [0.1, 0.15) is 24.7 Å². The predicted molar refractivity (Wildman–Crippen MR) is 84.4 cm³/mol. The molecule has 0 bridgehead atoms. The van der Waals surface area contributed by atoms with Gasteiger partial charge < -0.3 is 9.47 Å². The van der Waals surface area contributed by atoms with E-state index < -0.39 is 0 Å². The average molecular weight is 273 g/mol. The number of benzene rings is 1. The standard InChI is InChI=1S/C18H25O2/c1-13(2)15(5)11-19-17-8-7-9-18(10-17)20-12-16(6)14(3)4/h8-10H,11-12H2,1-6H3. The summed E-state index contributed by atoms with van der Waals surface area (Å²) in [6.45, 7) is 13.7. The van der Waals surface area contributed by atoms with Crippen molar-refractivity contribution >= 4 is 0 Å². The van der Waals surface area contributed by atoms with E-state index >= 15 is 0 Å². The van der Waals surface area contributed by atoms with E-state index in [1.165, 1.54) is 22.3 Å². The Morgan fingerprint density at radius 1 is 0.800 bits per heavy atom. The van der Waals surface area contributed by atoms with E-state index in [1.54, 1.807) is 0 Å². The first-order valence-electron chi connectivity index (χ1n) is 6.92.